The zero-order chi connectivity index (χ0) is 16.3. The van der Waals surface area contributed by atoms with E-state index in [9.17, 15) is 9.90 Å². The number of aliphatic hydroxyl groups excluding tert-OH is 1. The molecular formula is C18H27NO3. The van der Waals surface area contributed by atoms with Crippen LogP contribution < -0.4 is 4.74 Å². The van der Waals surface area contributed by atoms with Crippen molar-refractivity contribution in [2.24, 2.45) is 0 Å². The Bertz CT molecular complexity index is 527. The van der Waals surface area contributed by atoms with Gasteiger partial charge in [-0.1, -0.05) is 19.9 Å². The van der Waals surface area contributed by atoms with Crippen molar-refractivity contribution in [1.29, 1.82) is 0 Å². The van der Waals surface area contributed by atoms with Crippen LogP contribution in [0.15, 0.2) is 18.2 Å². The second kappa shape index (κ2) is 7.14. The van der Waals surface area contributed by atoms with Gasteiger partial charge in [0.05, 0.1) is 6.10 Å². The maximum atomic E-state index is 12.4. The highest BCUT2D eigenvalue weighted by atomic mass is 16.5. The van der Waals surface area contributed by atoms with E-state index in [1.54, 1.807) is 11.8 Å². The summed E-state index contributed by atoms with van der Waals surface area (Å²) in [5.74, 6) is 1.15. The molecule has 0 spiro atoms. The molecule has 4 heteroatoms. The minimum Gasteiger partial charge on any atom is -0.481 e. The minimum absolute atomic E-state index is 0.0515. The van der Waals surface area contributed by atoms with Crippen molar-refractivity contribution in [3.05, 3.63) is 29.3 Å². The summed E-state index contributed by atoms with van der Waals surface area (Å²) in [5, 5.41) is 9.68. The lowest BCUT2D eigenvalue weighted by molar-refractivity contribution is -0.141. The molecule has 122 valence electrons. The van der Waals surface area contributed by atoms with Gasteiger partial charge in [-0.3, -0.25) is 4.79 Å². The SMILES string of the molecule is Cc1cc(OC(C)C(=O)N2CCCC(O)C2)ccc1C(C)C. The molecule has 1 aliphatic rings. The Hall–Kier alpha value is -1.55. The molecular weight excluding hydrogens is 278 g/mol. The fourth-order valence-electron chi connectivity index (χ4n) is 3.04. The van der Waals surface area contributed by atoms with Crippen LogP contribution in [-0.2, 0) is 4.79 Å². The lowest BCUT2D eigenvalue weighted by Gasteiger charge is -2.32. The van der Waals surface area contributed by atoms with Crippen LogP contribution in [0.3, 0.4) is 0 Å². The number of ether oxygens (including phenoxy) is 1. The summed E-state index contributed by atoms with van der Waals surface area (Å²) < 4.78 is 5.81. The molecule has 0 radical (unpaired) electrons. The number of piperidine rings is 1. The van der Waals surface area contributed by atoms with Gasteiger partial charge >= 0.3 is 0 Å². The quantitative estimate of drug-likeness (QED) is 0.930. The summed E-state index contributed by atoms with van der Waals surface area (Å²) >= 11 is 0. The van der Waals surface area contributed by atoms with E-state index in [0.717, 1.165) is 18.6 Å². The molecule has 4 nitrogen and oxygen atoms in total. The normalized spacial score (nSPS) is 20.1. The molecule has 0 aromatic heterocycles. The third kappa shape index (κ3) is 4.01. The molecule has 1 aromatic carbocycles. The van der Waals surface area contributed by atoms with Crippen molar-refractivity contribution in [2.75, 3.05) is 13.1 Å². The van der Waals surface area contributed by atoms with E-state index in [2.05, 4.69) is 26.8 Å². The number of hydrogen-bond acceptors (Lipinski definition) is 3. The molecule has 1 N–H and O–H groups in total. The first-order valence-corrected chi connectivity index (χ1v) is 8.12. The molecule has 1 fully saturated rings. The molecule has 0 aliphatic carbocycles. The number of β-amino-alcohol motifs (C(OH)–C–C–N with tert-alkyl or cyclic N) is 1. The van der Waals surface area contributed by atoms with Gasteiger partial charge < -0.3 is 14.7 Å². The fraction of sp³-hybridized carbons (Fsp3) is 0.611. The first kappa shape index (κ1) is 16.8. The Balaban J connectivity index is 2.00. The van der Waals surface area contributed by atoms with E-state index in [1.807, 2.05) is 12.1 Å². The number of carbonyl (C=O) groups is 1. The van der Waals surface area contributed by atoms with Gasteiger partial charge in [-0.05, 0) is 55.9 Å². The molecule has 2 rings (SSSR count). The van der Waals surface area contributed by atoms with Crippen LogP contribution in [0.25, 0.3) is 0 Å². The number of aliphatic hydroxyl groups is 1. The molecule has 22 heavy (non-hydrogen) atoms. The predicted octanol–water partition coefficient (Wildman–Crippen LogP) is 2.87. The van der Waals surface area contributed by atoms with Gasteiger partial charge in [-0.2, -0.15) is 0 Å². The first-order valence-electron chi connectivity index (χ1n) is 8.12. The standard InChI is InChI=1S/C18H27NO3/c1-12(2)17-8-7-16(10-13(17)3)22-14(4)18(21)19-9-5-6-15(20)11-19/h7-8,10,12,14-15,20H,5-6,9,11H2,1-4H3. The third-order valence-corrected chi connectivity index (χ3v) is 4.23. The first-order chi connectivity index (χ1) is 10.4. The van der Waals surface area contributed by atoms with Crippen molar-refractivity contribution >= 4 is 5.91 Å². The lowest BCUT2D eigenvalue weighted by Crippen LogP contribution is -2.47. The van der Waals surface area contributed by atoms with Gasteiger partial charge in [-0.15, -0.1) is 0 Å². The van der Waals surface area contributed by atoms with Gasteiger partial charge in [-0.25, -0.2) is 0 Å². The van der Waals surface area contributed by atoms with E-state index in [-0.39, 0.29) is 5.91 Å². The van der Waals surface area contributed by atoms with Crippen molar-refractivity contribution in [3.8, 4) is 5.75 Å². The van der Waals surface area contributed by atoms with Gasteiger partial charge in [0, 0.05) is 13.1 Å². The van der Waals surface area contributed by atoms with Crippen LogP contribution in [0.2, 0.25) is 0 Å². The average molecular weight is 305 g/mol. The van der Waals surface area contributed by atoms with Gasteiger partial charge in [0.15, 0.2) is 6.10 Å². The van der Waals surface area contributed by atoms with E-state index in [0.29, 0.717) is 19.0 Å². The number of rotatable bonds is 4. The van der Waals surface area contributed by atoms with E-state index in [4.69, 9.17) is 4.74 Å². The fourth-order valence-corrected chi connectivity index (χ4v) is 3.04. The monoisotopic (exact) mass is 305 g/mol. The molecule has 0 bridgehead atoms. The summed E-state index contributed by atoms with van der Waals surface area (Å²) in [6.45, 7) is 9.28. The zero-order valence-electron chi connectivity index (χ0n) is 14.0. The van der Waals surface area contributed by atoms with E-state index in [1.165, 1.54) is 11.1 Å². The molecule has 1 aromatic rings. The Morgan fingerprint density at radius 2 is 2.09 bits per heavy atom. The summed E-state index contributed by atoms with van der Waals surface area (Å²) in [6.07, 6.45) is 0.684. The van der Waals surface area contributed by atoms with Crippen LogP contribution in [0.4, 0.5) is 0 Å². The topological polar surface area (TPSA) is 49.8 Å². The lowest BCUT2D eigenvalue weighted by atomic mass is 9.98. The maximum absolute atomic E-state index is 12.4. The maximum Gasteiger partial charge on any atom is 0.263 e. The average Bonchev–Trinajstić information content (AvgIpc) is 2.46. The molecule has 1 heterocycles. The largest absolute Gasteiger partial charge is 0.481 e. The summed E-state index contributed by atoms with van der Waals surface area (Å²) in [7, 11) is 0. The highest BCUT2D eigenvalue weighted by Crippen LogP contribution is 2.24. The number of hydrogen-bond donors (Lipinski definition) is 1. The Morgan fingerprint density at radius 1 is 1.36 bits per heavy atom. The second-order valence-corrected chi connectivity index (χ2v) is 6.51. The van der Waals surface area contributed by atoms with Gasteiger partial charge in [0.1, 0.15) is 5.75 Å². The number of nitrogens with zero attached hydrogens (tertiary/aromatic N) is 1. The number of likely N-dealkylation sites (tertiary alicyclic amines) is 1. The number of benzene rings is 1. The number of amides is 1. The summed E-state index contributed by atoms with van der Waals surface area (Å²) in [4.78, 5) is 14.1. The Kier molecular flexibility index (Phi) is 5.46. The number of carbonyl (C=O) groups excluding carboxylic acids is 1. The molecule has 2 atom stereocenters. The molecule has 1 amide bonds. The molecule has 0 saturated carbocycles. The van der Waals surface area contributed by atoms with Crippen LogP contribution >= 0.6 is 0 Å². The molecule has 1 aliphatic heterocycles. The van der Waals surface area contributed by atoms with E-state index < -0.39 is 12.2 Å². The van der Waals surface area contributed by atoms with Crippen LogP contribution in [0.5, 0.6) is 5.75 Å². The van der Waals surface area contributed by atoms with Crippen molar-refractivity contribution in [2.45, 2.75) is 58.7 Å². The smallest absolute Gasteiger partial charge is 0.263 e. The van der Waals surface area contributed by atoms with Crippen LogP contribution in [0.1, 0.15) is 50.7 Å². The van der Waals surface area contributed by atoms with Crippen molar-refractivity contribution < 1.29 is 14.6 Å². The molecule has 1 saturated heterocycles. The van der Waals surface area contributed by atoms with Crippen LogP contribution in [0, 0.1) is 6.92 Å². The van der Waals surface area contributed by atoms with Crippen LogP contribution in [-0.4, -0.2) is 41.2 Å². The summed E-state index contributed by atoms with van der Waals surface area (Å²) in [6, 6.07) is 5.98. The summed E-state index contributed by atoms with van der Waals surface area (Å²) in [5.41, 5.74) is 2.48. The second-order valence-electron chi connectivity index (χ2n) is 6.51. The predicted molar refractivity (Wildman–Crippen MR) is 87.2 cm³/mol. The zero-order valence-corrected chi connectivity index (χ0v) is 14.0. The van der Waals surface area contributed by atoms with Gasteiger partial charge in [0.25, 0.3) is 5.91 Å². The third-order valence-electron chi connectivity index (χ3n) is 4.23. The highest BCUT2D eigenvalue weighted by molar-refractivity contribution is 5.81. The van der Waals surface area contributed by atoms with Crippen molar-refractivity contribution in [3.63, 3.8) is 0 Å². The highest BCUT2D eigenvalue weighted by Gasteiger charge is 2.26. The molecule has 2 unspecified atom stereocenters. The number of aryl methyl sites for hydroxylation is 1. The van der Waals surface area contributed by atoms with E-state index >= 15 is 0 Å². The van der Waals surface area contributed by atoms with Gasteiger partial charge in [0.2, 0.25) is 0 Å². The Labute approximate surface area is 133 Å². The Morgan fingerprint density at radius 3 is 2.68 bits per heavy atom. The minimum atomic E-state index is -0.533. The van der Waals surface area contributed by atoms with Crippen molar-refractivity contribution in [1.82, 2.24) is 4.90 Å².